The normalized spacial score (nSPS) is 19.3. The number of hydrogen-bond acceptors (Lipinski definition) is 4. The molecular formula is C12H17N3O2S. The summed E-state index contributed by atoms with van der Waals surface area (Å²) in [4.78, 5) is 29.1. The summed E-state index contributed by atoms with van der Waals surface area (Å²) in [5.74, 6) is -0.176. The maximum atomic E-state index is 11.8. The highest BCUT2D eigenvalue weighted by atomic mass is 32.1. The lowest BCUT2D eigenvalue weighted by molar-refractivity contribution is -0.128. The summed E-state index contributed by atoms with van der Waals surface area (Å²) in [5.41, 5.74) is 1.01. The molecule has 1 aliphatic rings. The van der Waals surface area contributed by atoms with Crippen LogP contribution < -0.4 is 5.32 Å². The molecule has 2 amide bonds. The summed E-state index contributed by atoms with van der Waals surface area (Å²) < 4.78 is 0. The zero-order valence-electron chi connectivity index (χ0n) is 10.6. The van der Waals surface area contributed by atoms with Gasteiger partial charge >= 0.3 is 0 Å². The number of hydrogen-bond donors (Lipinski definition) is 1. The third-order valence-electron chi connectivity index (χ3n) is 3.06. The van der Waals surface area contributed by atoms with E-state index in [-0.39, 0.29) is 17.7 Å². The van der Waals surface area contributed by atoms with Gasteiger partial charge in [0.25, 0.3) is 0 Å². The molecule has 0 spiro atoms. The van der Waals surface area contributed by atoms with Crippen LogP contribution >= 0.6 is 11.3 Å². The second-order valence-corrected chi connectivity index (χ2v) is 5.64. The van der Waals surface area contributed by atoms with Crippen LogP contribution in [0.2, 0.25) is 0 Å². The molecule has 2 rings (SSSR count). The van der Waals surface area contributed by atoms with Gasteiger partial charge in [0.15, 0.2) is 0 Å². The lowest BCUT2D eigenvalue weighted by Gasteiger charge is -2.10. The lowest BCUT2D eigenvalue weighted by atomic mass is 10.1. The Morgan fingerprint density at radius 3 is 3.00 bits per heavy atom. The van der Waals surface area contributed by atoms with Crippen molar-refractivity contribution in [3.8, 4) is 0 Å². The predicted molar refractivity (Wildman–Crippen MR) is 69.3 cm³/mol. The van der Waals surface area contributed by atoms with Crippen LogP contribution in [0.3, 0.4) is 0 Å². The van der Waals surface area contributed by atoms with Crippen LogP contribution in [-0.4, -0.2) is 41.8 Å². The number of carbonyl (C=O) groups excluding carboxylic acids is 2. The van der Waals surface area contributed by atoms with Crippen LogP contribution in [0.25, 0.3) is 0 Å². The number of nitrogens with zero attached hydrogens (tertiary/aromatic N) is 2. The van der Waals surface area contributed by atoms with E-state index in [1.165, 1.54) is 0 Å². The molecular weight excluding hydrogens is 250 g/mol. The molecule has 1 N–H and O–H groups in total. The molecule has 1 atom stereocenters. The summed E-state index contributed by atoms with van der Waals surface area (Å²) in [6.45, 7) is 3.07. The smallest absolute Gasteiger partial charge is 0.225 e. The highest BCUT2D eigenvalue weighted by Gasteiger charge is 2.31. The Bertz CT molecular complexity index is 458. The Labute approximate surface area is 110 Å². The fourth-order valence-corrected chi connectivity index (χ4v) is 2.67. The maximum absolute atomic E-state index is 11.8. The van der Waals surface area contributed by atoms with Crippen molar-refractivity contribution in [1.82, 2.24) is 15.2 Å². The van der Waals surface area contributed by atoms with Gasteiger partial charge < -0.3 is 10.2 Å². The minimum atomic E-state index is -0.195. The lowest BCUT2D eigenvalue weighted by Crippen LogP contribution is -2.33. The van der Waals surface area contributed by atoms with Crippen LogP contribution in [0.15, 0.2) is 5.38 Å². The number of aryl methyl sites for hydroxylation is 1. The minimum Gasteiger partial charge on any atom is -0.355 e. The first-order valence-corrected chi connectivity index (χ1v) is 6.87. The fraction of sp³-hybridized carbons (Fsp3) is 0.583. The molecule has 0 aromatic carbocycles. The van der Waals surface area contributed by atoms with Gasteiger partial charge in [0.1, 0.15) is 0 Å². The van der Waals surface area contributed by atoms with Crippen molar-refractivity contribution >= 4 is 23.2 Å². The van der Waals surface area contributed by atoms with E-state index in [1.807, 2.05) is 12.3 Å². The van der Waals surface area contributed by atoms with Gasteiger partial charge in [-0.25, -0.2) is 4.98 Å². The average molecular weight is 267 g/mol. The van der Waals surface area contributed by atoms with Crippen LogP contribution in [0, 0.1) is 12.8 Å². The standard InChI is InChI=1S/C12H17N3O2S/c1-8-14-10(7-18-8)3-4-13-12(17)9-5-11(16)15(2)6-9/h7,9H,3-6H2,1-2H3,(H,13,17)/t9-/m0/s1. The molecule has 0 radical (unpaired) electrons. The summed E-state index contributed by atoms with van der Waals surface area (Å²) in [6.07, 6.45) is 1.07. The van der Waals surface area contributed by atoms with E-state index < -0.39 is 0 Å². The molecule has 0 unspecified atom stereocenters. The van der Waals surface area contributed by atoms with Crippen LogP contribution in [0.5, 0.6) is 0 Å². The SMILES string of the molecule is Cc1nc(CCNC(=O)[C@H]2CC(=O)N(C)C2)cs1. The molecule has 2 heterocycles. The molecule has 5 nitrogen and oxygen atoms in total. The number of amides is 2. The predicted octanol–water partition coefficient (Wildman–Crippen LogP) is 0.589. The van der Waals surface area contributed by atoms with E-state index in [0.717, 1.165) is 17.1 Å². The van der Waals surface area contributed by atoms with E-state index in [4.69, 9.17) is 0 Å². The quantitative estimate of drug-likeness (QED) is 0.868. The van der Waals surface area contributed by atoms with Crippen molar-refractivity contribution in [2.45, 2.75) is 19.8 Å². The monoisotopic (exact) mass is 267 g/mol. The Hall–Kier alpha value is -1.43. The van der Waals surface area contributed by atoms with Gasteiger partial charge in [-0.1, -0.05) is 0 Å². The molecule has 98 valence electrons. The number of aromatic nitrogens is 1. The highest BCUT2D eigenvalue weighted by Crippen LogP contribution is 2.15. The van der Waals surface area contributed by atoms with Crippen molar-refractivity contribution in [3.05, 3.63) is 16.1 Å². The van der Waals surface area contributed by atoms with Crippen LogP contribution in [0.1, 0.15) is 17.1 Å². The second-order valence-electron chi connectivity index (χ2n) is 4.57. The van der Waals surface area contributed by atoms with Crippen molar-refractivity contribution in [2.24, 2.45) is 5.92 Å². The van der Waals surface area contributed by atoms with E-state index in [2.05, 4.69) is 10.3 Å². The molecule has 1 aromatic rings. The number of thiazole rings is 1. The van der Waals surface area contributed by atoms with E-state index >= 15 is 0 Å². The van der Waals surface area contributed by atoms with Gasteiger partial charge in [0.2, 0.25) is 11.8 Å². The minimum absolute atomic E-state index is 0.0281. The van der Waals surface area contributed by atoms with E-state index in [9.17, 15) is 9.59 Å². The number of rotatable bonds is 4. The largest absolute Gasteiger partial charge is 0.355 e. The number of carbonyl (C=O) groups is 2. The molecule has 1 fully saturated rings. The van der Waals surface area contributed by atoms with Crippen molar-refractivity contribution in [2.75, 3.05) is 20.1 Å². The van der Waals surface area contributed by atoms with Crippen LogP contribution in [-0.2, 0) is 16.0 Å². The molecule has 0 saturated carbocycles. The second kappa shape index (κ2) is 5.48. The molecule has 0 aliphatic carbocycles. The van der Waals surface area contributed by atoms with Gasteiger partial charge in [-0.3, -0.25) is 9.59 Å². The Morgan fingerprint density at radius 2 is 2.44 bits per heavy atom. The molecule has 1 aliphatic heterocycles. The summed E-state index contributed by atoms with van der Waals surface area (Å²) in [5, 5.41) is 5.92. The van der Waals surface area contributed by atoms with Crippen LogP contribution in [0.4, 0.5) is 0 Å². The zero-order chi connectivity index (χ0) is 13.1. The van der Waals surface area contributed by atoms with Crippen molar-refractivity contribution in [1.29, 1.82) is 0 Å². The van der Waals surface area contributed by atoms with Crippen molar-refractivity contribution in [3.63, 3.8) is 0 Å². The third kappa shape index (κ3) is 3.07. The fourth-order valence-electron chi connectivity index (χ4n) is 2.02. The summed E-state index contributed by atoms with van der Waals surface area (Å²) >= 11 is 1.61. The highest BCUT2D eigenvalue weighted by molar-refractivity contribution is 7.09. The number of nitrogens with one attached hydrogen (secondary N) is 1. The van der Waals surface area contributed by atoms with Gasteiger partial charge in [0, 0.05) is 38.4 Å². The third-order valence-corrected chi connectivity index (χ3v) is 3.88. The van der Waals surface area contributed by atoms with E-state index in [0.29, 0.717) is 19.5 Å². The first kappa shape index (κ1) is 13.0. The maximum Gasteiger partial charge on any atom is 0.225 e. The average Bonchev–Trinajstić information content (AvgIpc) is 2.87. The summed E-state index contributed by atoms with van der Waals surface area (Å²) in [7, 11) is 1.73. The van der Waals surface area contributed by atoms with Gasteiger partial charge in [-0.15, -0.1) is 11.3 Å². The topological polar surface area (TPSA) is 62.3 Å². The molecule has 6 heteroatoms. The van der Waals surface area contributed by atoms with E-state index in [1.54, 1.807) is 23.3 Å². The Balaban J connectivity index is 1.74. The summed E-state index contributed by atoms with van der Waals surface area (Å²) in [6, 6.07) is 0. The Kier molecular flexibility index (Phi) is 3.96. The molecule has 18 heavy (non-hydrogen) atoms. The zero-order valence-corrected chi connectivity index (χ0v) is 11.4. The number of likely N-dealkylation sites (tertiary alicyclic amines) is 1. The van der Waals surface area contributed by atoms with Gasteiger partial charge in [-0.05, 0) is 6.92 Å². The van der Waals surface area contributed by atoms with Gasteiger partial charge in [0.05, 0.1) is 16.6 Å². The first-order valence-electron chi connectivity index (χ1n) is 5.99. The van der Waals surface area contributed by atoms with Gasteiger partial charge in [-0.2, -0.15) is 0 Å². The first-order chi connectivity index (χ1) is 8.56. The Morgan fingerprint density at radius 1 is 1.67 bits per heavy atom. The van der Waals surface area contributed by atoms with Crippen molar-refractivity contribution < 1.29 is 9.59 Å². The molecule has 0 bridgehead atoms. The molecule has 1 saturated heterocycles. The molecule has 1 aromatic heterocycles.